The normalized spacial score (nSPS) is 14.4. The number of nitrogens with zero attached hydrogens (tertiary/aromatic N) is 4. The minimum absolute atomic E-state index is 0.0117. The van der Waals surface area contributed by atoms with Crippen molar-refractivity contribution in [2.75, 3.05) is 31.5 Å². The molecule has 160 valence electrons. The average Bonchev–Trinajstić information content (AvgIpc) is 3.09. The summed E-state index contributed by atoms with van der Waals surface area (Å²) in [4.78, 5) is 35.4. The highest BCUT2D eigenvalue weighted by atomic mass is 32.1. The van der Waals surface area contributed by atoms with Gasteiger partial charge < -0.3 is 21.7 Å². The Kier molecular flexibility index (Phi) is 7.29. The molecule has 1 aromatic carbocycles. The molecule has 1 aliphatic heterocycles. The van der Waals surface area contributed by atoms with Gasteiger partial charge in [-0.05, 0) is 30.5 Å². The number of aryl methyl sites for hydroxylation is 2. The first-order valence-corrected chi connectivity index (χ1v) is 10.7. The molecular weight excluding hydrogens is 422 g/mol. The lowest BCUT2D eigenvalue weighted by Gasteiger charge is -2.31. The Bertz CT molecular complexity index is 931. The number of aliphatic imine (C=N–C) groups is 1. The van der Waals surface area contributed by atoms with Gasteiger partial charge in [0.15, 0.2) is 11.1 Å². The number of aromatic nitrogens is 1. The fourth-order valence-corrected chi connectivity index (χ4v) is 4.29. The standard InChI is InChI=1S/C19H25N7O2S2/c1-12(27)22-19-24-15(7-4-13-2-5-14(6-3-13)23-18(20)21)16(30-19)17(28)25-8-10-26(29)11-9-25/h2-3,5-6,29H,4,7-11H2,1H3,(H4,20,21,23)(H,22,24,27). The molecule has 30 heavy (non-hydrogen) atoms. The third kappa shape index (κ3) is 5.94. The lowest BCUT2D eigenvalue weighted by molar-refractivity contribution is -0.114. The van der Waals surface area contributed by atoms with Crippen LogP contribution in [0.5, 0.6) is 0 Å². The molecule has 1 aliphatic rings. The Balaban J connectivity index is 1.75. The molecule has 0 atom stereocenters. The van der Waals surface area contributed by atoms with Crippen LogP contribution in [-0.2, 0) is 17.6 Å². The number of guanidine groups is 1. The summed E-state index contributed by atoms with van der Waals surface area (Å²) in [6, 6.07) is 7.55. The number of amides is 2. The second-order valence-electron chi connectivity index (χ2n) is 6.93. The third-order valence-corrected chi connectivity index (χ3v) is 5.96. The van der Waals surface area contributed by atoms with Crippen molar-refractivity contribution in [3.8, 4) is 0 Å². The molecule has 11 heteroatoms. The Morgan fingerprint density at radius 3 is 2.43 bits per heavy atom. The number of carbonyl (C=O) groups is 2. The van der Waals surface area contributed by atoms with E-state index in [1.807, 2.05) is 33.5 Å². The Hall–Kier alpha value is -2.63. The quantitative estimate of drug-likeness (QED) is 0.301. The zero-order valence-electron chi connectivity index (χ0n) is 16.7. The number of nitrogens with one attached hydrogen (secondary N) is 1. The third-order valence-electron chi connectivity index (χ3n) is 4.56. The van der Waals surface area contributed by atoms with E-state index in [0.29, 0.717) is 60.4 Å². The van der Waals surface area contributed by atoms with Crippen LogP contribution in [0.4, 0.5) is 10.8 Å². The number of rotatable bonds is 6. The van der Waals surface area contributed by atoms with E-state index in [1.165, 1.54) is 18.3 Å². The fraction of sp³-hybridized carbons (Fsp3) is 0.368. The molecule has 0 bridgehead atoms. The van der Waals surface area contributed by atoms with Crippen molar-refractivity contribution in [3.63, 3.8) is 0 Å². The van der Waals surface area contributed by atoms with Gasteiger partial charge in [0.25, 0.3) is 5.91 Å². The molecule has 0 aliphatic carbocycles. The zero-order chi connectivity index (χ0) is 21.7. The topological polar surface area (TPSA) is 130 Å². The molecule has 2 aromatic rings. The van der Waals surface area contributed by atoms with Crippen LogP contribution in [0.15, 0.2) is 29.3 Å². The molecule has 3 rings (SSSR count). The van der Waals surface area contributed by atoms with E-state index in [1.54, 1.807) is 0 Å². The lowest BCUT2D eigenvalue weighted by atomic mass is 10.1. The number of anilines is 1. The molecule has 0 radical (unpaired) electrons. The summed E-state index contributed by atoms with van der Waals surface area (Å²) in [7, 11) is 0. The minimum atomic E-state index is -0.215. The Labute approximate surface area is 184 Å². The van der Waals surface area contributed by atoms with Crippen molar-refractivity contribution >= 4 is 52.7 Å². The van der Waals surface area contributed by atoms with E-state index in [4.69, 9.17) is 11.5 Å². The summed E-state index contributed by atoms with van der Waals surface area (Å²) < 4.78 is 1.89. The molecule has 9 nitrogen and oxygen atoms in total. The highest BCUT2D eigenvalue weighted by Gasteiger charge is 2.26. The second kappa shape index (κ2) is 9.92. The molecule has 0 unspecified atom stereocenters. The van der Waals surface area contributed by atoms with Gasteiger partial charge in [0, 0.05) is 33.1 Å². The predicted octanol–water partition coefficient (Wildman–Crippen LogP) is 1.39. The van der Waals surface area contributed by atoms with Gasteiger partial charge in [0.1, 0.15) is 4.88 Å². The molecule has 1 aromatic heterocycles. The number of thiol groups is 1. The smallest absolute Gasteiger partial charge is 0.266 e. The largest absolute Gasteiger partial charge is 0.370 e. The molecule has 1 fully saturated rings. The van der Waals surface area contributed by atoms with Gasteiger partial charge >= 0.3 is 0 Å². The van der Waals surface area contributed by atoms with Crippen molar-refractivity contribution in [2.45, 2.75) is 19.8 Å². The first kappa shape index (κ1) is 22.1. The zero-order valence-corrected chi connectivity index (χ0v) is 18.4. The first-order valence-electron chi connectivity index (χ1n) is 9.51. The Morgan fingerprint density at radius 1 is 1.17 bits per heavy atom. The number of thiazole rings is 1. The van der Waals surface area contributed by atoms with Gasteiger partial charge in [0.05, 0.1) is 11.4 Å². The number of hydrogen-bond acceptors (Lipinski definition) is 7. The van der Waals surface area contributed by atoms with E-state index >= 15 is 0 Å². The van der Waals surface area contributed by atoms with Gasteiger partial charge in [-0.3, -0.25) is 9.59 Å². The van der Waals surface area contributed by atoms with Crippen LogP contribution in [0, 0.1) is 0 Å². The van der Waals surface area contributed by atoms with Crippen LogP contribution in [0.3, 0.4) is 0 Å². The Morgan fingerprint density at radius 2 is 1.83 bits per heavy atom. The van der Waals surface area contributed by atoms with Gasteiger partial charge in [0.2, 0.25) is 5.91 Å². The van der Waals surface area contributed by atoms with Crippen molar-refractivity contribution in [1.82, 2.24) is 14.2 Å². The highest BCUT2D eigenvalue weighted by Crippen LogP contribution is 2.27. The van der Waals surface area contributed by atoms with Crippen LogP contribution >= 0.6 is 24.2 Å². The summed E-state index contributed by atoms with van der Waals surface area (Å²) in [5.41, 5.74) is 13.2. The maximum absolute atomic E-state index is 13.1. The minimum Gasteiger partial charge on any atom is -0.370 e. The summed E-state index contributed by atoms with van der Waals surface area (Å²) in [6.07, 6.45) is 1.27. The number of nitrogens with two attached hydrogens (primary N) is 2. The first-order chi connectivity index (χ1) is 14.3. The van der Waals surface area contributed by atoms with Gasteiger partial charge in [-0.1, -0.05) is 36.3 Å². The lowest BCUT2D eigenvalue weighted by Crippen LogP contribution is -2.45. The number of carbonyl (C=O) groups excluding carboxylic acids is 2. The van der Waals surface area contributed by atoms with Gasteiger partial charge in [-0.25, -0.2) is 14.3 Å². The molecule has 0 saturated carbocycles. The molecule has 0 spiro atoms. The van der Waals surface area contributed by atoms with Crippen LogP contribution in [-0.4, -0.2) is 58.1 Å². The van der Waals surface area contributed by atoms with E-state index in [-0.39, 0.29) is 17.8 Å². The molecule has 2 amide bonds. The number of piperazine rings is 1. The monoisotopic (exact) mass is 447 g/mol. The SMILES string of the molecule is CC(=O)Nc1nc(CCc2ccc(N=C(N)N)cc2)c(C(=O)N2CCN(S)CC2)s1. The molecular formula is C19H25N7O2S2. The fourth-order valence-electron chi connectivity index (χ4n) is 3.08. The second-order valence-corrected chi connectivity index (χ2v) is 8.49. The van der Waals surface area contributed by atoms with E-state index < -0.39 is 0 Å². The van der Waals surface area contributed by atoms with Crippen LogP contribution in [0.2, 0.25) is 0 Å². The summed E-state index contributed by atoms with van der Waals surface area (Å²) in [5.74, 6) is -0.255. The summed E-state index contributed by atoms with van der Waals surface area (Å²) >= 11 is 5.56. The summed E-state index contributed by atoms with van der Waals surface area (Å²) in [5, 5.41) is 3.13. The molecule has 5 N–H and O–H groups in total. The van der Waals surface area contributed by atoms with Crippen LogP contribution in [0.1, 0.15) is 27.9 Å². The van der Waals surface area contributed by atoms with Gasteiger partial charge in [-0.15, -0.1) is 0 Å². The van der Waals surface area contributed by atoms with E-state index in [2.05, 4.69) is 28.1 Å². The van der Waals surface area contributed by atoms with Crippen LogP contribution < -0.4 is 16.8 Å². The van der Waals surface area contributed by atoms with Crippen molar-refractivity contribution < 1.29 is 9.59 Å². The summed E-state index contributed by atoms with van der Waals surface area (Å²) in [6.45, 7) is 4.07. The number of hydrogen-bond donors (Lipinski definition) is 4. The van der Waals surface area contributed by atoms with Crippen molar-refractivity contribution in [2.24, 2.45) is 16.5 Å². The van der Waals surface area contributed by atoms with E-state index in [9.17, 15) is 9.59 Å². The predicted molar refractivity (Wildman–Crippen MR) is 122 cm³/mol. The molecule has 2 heterocycles. The highest BCUT2D eigenvalue weighted by molar-refractivity contribution is 7.77. The van der Waals surface area contributed by atoms with Gasteiger partial charge in [-0.2, -0.15) is 0 Å². The molecule has 1 saturated heterocycles. The average molecular weight is 448 g/mol. The maximum atomic E-state index is 13.1. The van der Waals surface area contributed by atoms with Crippen molar-refractivity contribution in [3.05, 3.63) is 40.4 Å². The van der Waals surface area contributed by atoms with Crippen LogP contribution in [0.25, 0.3) is 0 Å². The number of benzene rings is 1. The van der Waals surface area contributed by atoms with E-state index in [0.717, 1.165) is 5.56 Å². The maximum Gasteiger partial charge on any atom is 0.266 e. The van der Waals surface area contributed by atoms with Crippen molar-refractivity contribution in [1.29, 1.82) is 0 Å².